The molecule has 1 aromatic heterocycles. The van der Waals surface area contributed by atoms with Gasteiger partial charge in [-0.15, -0.1) is 0 Å². The van der Waals surface area contributed by atoms with E-state index >= 15 is 0 Å². The number of benzene rings is 1. The normalized spacial score (nSPS) is 13.1. The number of hydrogen-bond acceptors (Lipinski definition) is 9. The summed E-state index contributed by atoms with van der Waals surface area (Å²) >= 11 is 0. The van der Waals surface area contributed by atoms with E-state index in [-0.39, 0.29) is 24.4 Å². The number of carbonyl (C=O) groups is 2. The summed E-state index contributed by atoms with van der Waals surface area (Å²) in [4.78, 5) is 28.0. The summed E-state index contributed by atoms with van der Waals surface area (Å²) in [5.74, 6) is 0.618. The fourth-order valence-corrected chi connectivity index (χ4v) is 2.23. The third-order valence-corrected chi connectivity index (χ3v) is 3.80. The number of aromatic nitrogens is 1. The molecule has 0 radical (unpaired) electrons. The molecule has 0 spiro atoms. The molecule has 0 saturated carbocycles. The van der Waals surface area contributed by atoms with Crippen LogP contribution in [0.15, 0.2) is 36.4 Å². The van der Waals surface area contributed by atoms with Gasteiger partial charge in [-0.2, -0.15) is 0 Å². The molecule has 11 nitrogen and oxygen atoms in total. The molecule has 3 rings (SSSR count). The van der Waals surface area contributed by atoms with Gasteiger partial charge >= 0.3 is 6.09 Å². The Morgan fingerprint density at radius 2 is 1.76 bits per heavy atom. The number of nitrogens with one attached hydrogen (secondary N) is 1. The van der Waals surface area contributed by atoms with Gasteiger partial charge in [0, 0.05) is 13.1 Å². The Morgan fingerprint density at radius 3 is 2.38 bits per heavy atom. The summed E-state index contributed by atoms with van der Waals surface area (Å²) in [7, 11) is 0. The smallest absolute Gasteiger partial charge is 0.408 e. The molecular formula is C18H25N7O4. The molecule has 1 fully saturated rings. The lowest BCUT2D eigenvalue weighted by Gasteiger charge is -2.25. The van der Waals surface area contributed by atoms with E-state index in [0.29, 0.717) is 49.2 Å². The second-order valence-corrected chi connectivity index (χ2v) is 5.93. The topological polar surface area (TPSA) is 185 Å². The highest BCUT2D eigenvalue weighted by atomic mass is 16.6. The highest BCUT2D eigenvalue weighted by molar-refractivity contribution is 5.91. The monoisotopic (exact) mass is 403 g/mol. The molecular weight excluding hydrogens is 378 g/mol. The number of amides is 2. The molecule has 2 aromatic rings. The van der Waals surface area contributed by atoms with Gasteiger partial charge in [0.05, 0.1) is 31.1 Å². The number of nitrogens with two attached hydrogens (primary N) is 4. The Morgan fingerprint density at radius 1 is 1.07 bits per heavy atom. The fourth-order valence-electron chi connectivity index (χ4n) is 2.23. The van der Waals surface area contributed by atoms with Crippen molar-refractivity contribution in [3.05, 3.63) is 36.4 Å². The zero-order valence-electron chi connectivity index (χ0n) is 15.8. The van der Waals surface area contributed by atoms with E-state index < -0.39 is 0 Å². The predicted octanol–water partition coefficient (Wildman–Crippen LogP) is 0.243. The van der Waals surface area contributed by atoms with E-state index in [1.54, 1.807) is 41.3 Å². The molecule has 2 amide bonds. The van der Waals surface area contributed by atoms with Crippen molar-refractivity contribution < 1.29 is 19.1 Å². The van der Waals surface area contributed by atoms with Gasteiger partial charge in [0.1, 0.15) is 11.6 Å². The predicted molar refractivity (Wildman–Crippen MR) is 110 cm³/mol. The molecule has 1 aliphatic rings. The first kappa shape index (κ1) is 21.7. The first-order valence-corrected chi connectivity index (χ1v) is 8.81. The molecule has 9 N–H and O–H groups in total. The number of nitrogen functional groups attached to an aromatic ring is 3. The maximum Gasteiger partial charge on any atom is 0.415 e. The lowest BCUT2D eigenvalue weighted by atomic mass is 10.3. The third-order valence-electron chi connectivity index (χ3n) is 3.80. The Hall–Kier alpha value is -3.57. The lowest BCUT2D eigenvalue weighted by molar-refractivity contribution is -0.114. The van der Waals surface area contributed by atoms with Gasteiger partial charge in [0.2, 0.25) is 5.91 Å². The summed E-state index contributed by atoms with van der Waals surface area (Å²) in [5, 5.41) is 2.45. The van der Waals surface area contributed by atoms with Crippen LogP contribution in [0.5, 0.6) is 5.75 Å². The lowest BCUT2D eigenvalue weighted by Crippen LogP contribution is -2.42. The van der Waals surface area contributed by atoms with Crippen molar-refractivity contribution in [1.29, 1.82) is 0 Å². The minimum atomic E-state index is -0.374. The minimum absolute atomic E-state index is 0.0913. The molecule has 0 atom stereocenters. The first-order valence-electron chi connectivity index (χ1n) is 8.81. The van der Waals surface area contributed by atoms with Crippen molar-refractivity contribution in [3.63, 3.8) is 0 Å². The summed E-state index contributed by atoms with van der Waals surface area (Å²) < 4.78 is 10.3. The van der Waals surface area contributed by atoms with E-state index in [1.807, 2.05) is 0 Å². The highest BCUT2D eigenvalue weighted by Crippen LogP contribution is 2.20. The molecule has 29 heavy (non-hydrogen) atoms. The van der Waals surface area contributed by atoms with Crippen molar-refractivity contribution >= 4 is 35.0 Å². The van der Waals surface area contributed by atoms with Crippen LogP contribution in [0.3, 0.4) is 0 Å². The maximum absolute atomic E-state index is 11.7. The van der Waals surface area contributed by atoms with Gasteiger partial charge in [-0.3, -0.25) is 4.79 Å². The number of para-hydroxylation sites is 2. The first-order chi connectivity index (χ1) is 13.9. The highest BCUT2D eigenvalue weighted by Gasteiger charge is 2.19. The summed E-state index contributed by atoms with van der Waals surface area (Å²) in [6, 6.07) is 10.1. The van der Waals surface area contributed by atoms with Crippen molar-refractivity contribution in [2.24, 2.45) is 5.73 Å². The Balaban J connectivity index is 0.000000212. The molecule has 156 valence electrons. The van der Waals surface area contributed by atoms with Crippen LogP contribution in [-0.4, -0.2) is 54.7 Å². The Bertz CT molecular complexity index is 841. The van der Waals surface area contributed by atoms with Gasteiger partial charge in [0.15, 0.2) is 5.75 Å². The van der Waals surface area contributed by atoms with Gasteiger partial charge in [-0.1, -0.05) is 12.1 Å². The van der Waals surface area contributed by atoms with Crippen LogP contribution in [0.25, 0.3) is 0 Å². The number of hydrogen-bond donors (Lipinski definition) is 5. The average molecular weight is 403 g/mol. The zero-order valence-corrected chi connectivity index (χ0v) is 15.8. The van der Waals surface area contributed by atoms with Crippen molar-refractivity contribution in [2.75, 3.05) is 55.4 Å². The number of ether oxygens (including phenoxy) is 2. The molecule has 0 bridgehead atoms. The van der Waals surface area contributed by atoms with Crippen LogP contribution in [0, 0.1) is 0 Å². The number of carbonyl (C=O) groups excluding carboxylic acids is 2. The number of anilines is 4. The second-order valence-electron chi connectivity index (χ2n) is 5.93. The molecule has 1 saturated heterocycles. The number of pyridine rings is 1. The Kier molecular flexibility index (Phi) is 8.00. The van der Waals surface area contributed by atoms with Crippen LogP contribution in [0.1, 0.15) is 0 Å². The maximum atomic E-state index is 11.7. The van der Waals surface area contributed by atoms with Crippen molar-refractivity contribution in [1.82, 2.24) is 9.88 Å². The molecule has 2 heterocycles. The summed E-state index contributed by atoms with van der Waals surface area (Å²) in [6.07, 6.45) is -0.374. The SMILES string of the molecule is NCC(=O)Nc1ccc(N)c(N)n1.Nc1ccccc1OC(=O)N1CCOCC1. The molecule has 0 unspecified atom stereocenters. The second kappa shape index (κ2) is 10.7. The van der Waals surface area contributed by atoms with Gasteiger partial charge in [0.25, 0.3) is 0 Å². The fraction of sp³-hybridized carbons (Fsp3) is 0.278. The third kappa shape index (κ3) is 6.83. The van der Waals surface area contributed by atoms with Crippen LogP contribution in [0.4, 0.5) is 27.8 Å². The summed E-state index contributed by atoms with van der Waals surface area (Å²) in [5.41, 5.74) is 22.5. The minimum Gasteiger partial charge on any atom is -0.408 e. The number of morpholine rings is 1. The quantitative estimate of drug-likeness (QED) is 0.448. The van der Waals surface area contributed by atoms with Gasteiger partial charge in [-0.05, 0) is 24.3 Å². The largest absolute Gasteiger partial charge is 0.415 e. The molecule has 11 heteroatoms. The summed E-state index contributed by atoms with van der Waals surface area (Å²) in [6.45, 7) is 2.14. The number of nitrogens with zero attached hydrogens (tertiary/aromatic N) is 2. The molecule has 1 aliphatic heterocycles. The van der Waals surface area contributed by atoms with Crippen LogP contribution in [0.2, 0.25) is 0 Å². The average Bonchev–Trinajstić information content (AvgIpc) is 2.73. The van der Waals surface area contributed by atoms with E-state index in [2.05, 4.69) is 10.3 Å². The van der Waals surface area contributed by atoms with Crippen molar-refractivity contribution in [3.8, 4) is 5.75 Å². The van der Waals surface area contributed by atoms with Gasteiger partial charge < -0.3 is 42.6 Å². The molecule has 1 aromatic carbocycles. The van der Waals surface area contributed by atoms with E-state index in [0.717, 1.165) is 0 Å². The van der Waals surface area contributed by atoms with Crippen LogP contribution >= 0.6 is 0 Å². The van der Waals surface area contributed by atoms with E-state index in [4.69, 9.17) is 32.4 Å². The van der Waals surface area contributed by atoms with E-state index in [9.17, 15) is 9.59 Å². The number of rotatable bonds is 3. The standard InChI is InChI=1S/C11H14N2O3.C7H11N5O/c12-9-3-1-2-4-10(9)16-11(14)13-5-7-15-8-6-13;8-3-6(13)11-5-2-1-4(9)7(10)12-5/h1-4H,5-8,12H2;1-2H,3,8-9H2,(H3,10,11,12,13). The van der Waals surface area contributed by atoms with Crippen LogP contribution < -0.4 is 33.0 Å². The zero-order chi connectivity index (χ0) is 21.2. The Labute approximate surface area is 167 Å². The van der Waals surface area contributed by atoms with Crippen molar-refractivity contribution in [2.45, 2.75) is 0 Å². The molecule has 0 aliphatic carbocycles. The van der Waals surface area contributed by atoms with Crippen LogP contribution in [-0.2, 0) is 9.53 Å². The van der Waals surface area contributed by atoms with Gasteiger partial charge in [-0.25, -0.2) is 9.78 Å². The van der Waals surface area contributed by atoms with E-state index in [1.165, 1.54) is 0 Å².